The normalized spacial score (nSPS) is 16.0. The van der Waals surface area contributed by atoms with Gasteiger partial charge in [0.25, 0.3) is 5.56 Å². The molecule has 1 unspecified atom stereocenters. The Hall–Kier alpha value is -3.06. The number of fused-ring (bicyclic) bond motifs is 1. The molecule has 0 fully saturated rings. The number of hydrogen-bond donors (Lipinski definition) is 1. The summed E-state index contributed by atoms with van der Waals surface area (Å²) in [5.41, 5.74) is 3.55. The Balaban J connectivity index is 1.78. The molecule has 29 heavy (non-hydrogen) atoms. The van der Waals surface area contributed by atoms with E-state index in [1.165, 1.54) is 24.3 Å². The lowest BCUT2D eigenvalue weighted by Gasteiger charge is -2.33. The number of rotatable bonds is 3. The number of anilines is 1. The molecule has 0 bridgehead atoms. The van der Waals surface area contributed by atoms with Crippen LogP contribution in [0.4, 0.5) is 14.5 Å². The van der Waals surface area contributed by atoms with Gasteiger partial charge in [0.15, 0.2) is 5.95 Å². The van der Waals surface area contributed by atoms with Crippen LogP contribution < -0.4 is 10.5 Å². The monoisotopic (exact) mass is 397 g/mol. The SMILES string of the molecule is Cc1c(Cn2c(F)cccc2=O)cncc1-c1cc2c(cc1F)N(C)C(O)CC2. The first-order valence-corrected chi connectivity index (χ1v) is 9.39. The van der Waals surface area contributed by atoms with Crippen molar-refractivity contribution in [1.82, 2.24) is 9.55 Å². The van der Waals surface area contributed by atoms with Crippen LogP contribution >= 0.6 is 0 Å². The van der Waals surface area contributed by atoms with E-state index in [1.807, 2.05) is 6.92 Å². The lowest BCUT2D eigenvalue weighted by Crippen LogP contribution is -2.35. The molecule has 4 rings (SSSR count). The quantitative estimate of drug-likeness (QED) is 0.690. The highest BCUT2D eigenvalue weighted by molar-refractivity contribution is 5.73. The van der Waals surface area contributed by atoms with Crippen molar-refractivity contribution in [2.45, 2.75) is 32.5 Å². The van der Waals surface area contributed by atoms with E-state index in [0.717, 1.165) is 15.7 Å². The van der Waals surface area contributed by atoms with Crippen LogP contribution in [-0.2, 0) is 13.0 Å². The van der Waals surface area contributed by atoms with Crippen molar-refractivity contribution < 1.29 is 13.9 Å². The van der Waals surface area contributed by atoms with Gasteiger partial charge < -0.3 is 10.0 Å². The average Bonchev–Trinajstić information content (AvgIpc) is 2.69. The first-order chi connectivity index (χ1) is 13.9. The number of pyridine rings is 2. The third-order valence-electron chi connectivity index (χ3n) is 5.60. The molecule has 2 aromatic heterocycles. The van der Waals surface area contributed by atoms with Gasteiger partial charge in [0.2, 0.25) is 0 Å². The van der Waals surface area contributed by atoms with E-state index in [4.69, 9.17) is 0 Å². The summed E-state index contributed by atoms with van der Waals surface area (Å²) in [5.74, 6) is -1.06. The Morgan fingerprint density at radius 1 is 1.21 bits per heavy atom. The molecule has 1 N–H and O–H groups in total. The zero-order valence-corrected chi connectivity index (χ0v) is 16.2. The summed E-state index contributed by atoms with van der Waals surface area (Å²) in [6.45, 7) is 1.83. The fourth-order valence-electron chi connectivity index (χ4n) is 3.80. The van der Waals surface area contributed by atoms with Crippen molar-refractivity contribution in [3.63, 3.8) is 0 Å². The number of benzene rings is 1. The Bertz CT molecular complexity index is 1140. The topological polar surface area (TPSA) is 58.4 Å². The number of aliphatic hydroxyl groups is 1. The van der Waals surface area contributed by atoms with Crippen LogP contribution in [0.25, 0.3) is 11.1 Å². The second-order valence-electron chi connectivity index (χ2n) is 7.34. The molecule has 1 aromatic carbocycles. The minimum Gasteiger partial charge on any atom is -0.374 e. The molecule has 1 aliphatic rings. The van der Waals surface area contributed by atoms with E-state index in [2.05, 4.69) is 4.98 Å². The fourth-order valence-corrected chi connectivity index (χ4v) is 3.80. The number of aromatic nitrogens is 2. The van der Waals surface area contributed by atoms with Crippen LogP contribution in [0, 0.1) is 18.7 Å². The van der Waals surface area contributed by atoms with Gasteiger partial charge >= 0.3 is 0 Å². The van der Waals surface area contributed by atoms with Gasteiger partial charge in [-0.05, 0) is 54.7 Å². The van der Waals surface area contributed by atoms with Gasteiger partial charge in [-0.25, -0.2) is 4.39 Å². The van der Waals surface area contributed by atoms with Crippen molar-refractivity contribution in [3.05, 3.63) is 81.5 Å². The zero-order valence-electron chi connectivity index (χ0n) is 16.2. The predicted octanol–water partition coefficient (Wildman–Crippen LogP) is 3.25. The first-order valence-electron chi connectivity index (χ1n) is 9.39. The highest BCUT2D eigenvalue weighted by Crippen LogP contribution is 2.36. The highest BCUT2D eigenvalue weighted by atomic mass is 19.1. The second-order valence-corrected chi connectivity index (χ2v) is 7.34. The third kappa shape index (κ3) is 3.42. The van der Waals surface area contributed by atoms with Crippen molar-refractivity contribution in [1.29, 1.82) is 0 Å². The Morgan fingerprint density at radius 3 is 2.76 bits per heavy atom. The summed E-state index contributed by atoms with van der Waals surface area (Å²) in [5, 5.41) is 10.0. The van der Waals surface area contributed by atoms with Gasteiger partial charge in [-0.1, -0.05) is 6.07 Å². The molecule has 0 saturated carbocycles. The Kier molecular flexibility index (Phi) is 4.92. The van der Waals surface area contributed by atoms with Crippen LogP contribution in [-0.4, -0.2) is 27.9 Å². The molecule has 1 aliphatic heterocycles. The first kappa shape index (κ1) is 19.3. The predicted molar refractivity (Wildman–Crippen MR) is 107 cm³/mol. The molecule has 0 radical (unpaired) electrons. The van der Waals surface area contributed by atoms with Crippen LogP contribution in [0.5, 0.6) is 0 Å². The minimum absolute atomic E-state index is 0.0136. The third-order valence-corrected chi connectivity index (χ3v) is 5.60. The van der Waals surface area contributed by atoms with E-state index >= 15 is 0 Å². The van der Waals surface area contributed by atoms with Crippen LogP contribution in [0.15, 0.2) is 47.5 Å². The molecule has 7 heteroatoms. The molecule has 5 nitrogen and oxygen atoms in total. The van der Waals surface area contributed by atoms with Gasteiger partial charge in [-0.2, -0.15) is 4.39 Å². The van der Waals surface area contributed by atoms with E-state index in [-0.39, 0.29) is 6.54 Å². The van der Waals surface area contributed by atoms with Crippen molar-refractivity contribution in [2.24, 2.45) is 0 Å². The van der Waals surface area contributed by atoms with Gasteiger partial charge in [-0.3, -0.25) is 14.3 Å². The summed E-state index contributed by atoms with van der Waals surface area (Å²) < 4.78 is 30.1. The summed E-state index contributed by atoms with van der Waals surface area (Å²) in [6.07, 6.45) is 3.74. The molecule has 150 valence electrons. The smallest absolute Gasteiger partial charge is 0.253 e. The van der Waals surface area contributed by atoms with Gasteiger partial charge in [0.05, 0.1) is 6.54 Å². The fraction of sp³-hybridized carbons (Fsp3) is 0.273. The van der Waals surface area contributed by atoms with Crippen LogP contribution in [0.1, 0.15) is 23.1 Å². The molecule has 0 spiro atoms. The lowest BCUT2D eigenvalue weighted by atomic mass is 9.93. The van der Waals surface area contributed by atoms with Gasteiger partial charge in [0.1, 0.15) is 12.0 Å². The minimum atomic E-state index is -0.635. The van der Waals surface area contributed by atoms with E-state index < -0.39 is 23.6 Å². The molecular weight excluding hydrogens is 376 g/mol. The van der Waals surface area contributed by atoms with E-state index in [9.17, 15) is 18.7 Å². The van der Waals surface area contributed by atoms with E-state index in [1.54, 1.807) is 30.4 Å². The van der Waals surface area contributed by atoms with Crippen molar-refractivity contribution in [2.75, 3.05) is 11.9 Å². The molecule has 3 aromatic rings. The molecule has 1 atom stereocenters. The lowest BCUT2D eigenvalue weighted by molar-refractivity contribution is 0.159. The van der Waals surface area contributed by atoms with Crippen LogP contribution in [0.2, 0.25) is 0 Å². The molecule has 3 heterocycles. The largest absolute Gasteiger partial charge is 0.374 e. The summed E-state index contributed by atoms with van der Waals surface area (Å²) in [7, 11) is 1.74. The van der Waals surface area contributed by atoms with Gasteiger partial charge in [0, 0.05) is 42.3 Å². The zero-order chi connectivity index (χ0) is 20.7. The number of hydrogen-bond acceptors (Lipinski definition) is 4. The standard InChI is InChI=1S/C22H21F2N3O2/c1-13-15(12-27-20(24)4-3-5-22(27)29)10-25-11-17(13)16-8-14-6-7-21(28)26(2)19(14)9-18(16)23/h3-5,8-11,21,28H,6-7,12H2,1-2H3. The second kappa shape index (κ2) is 7.40. The highest BCUT2D eigenvalue weighted by Gasteiger charge is 2.24. The number of nitrogens with zero attached hydrogens (tertiary/aromatic N) is 3. The number of aliphatic hydroxyl groups excluding tert-OH is 1. The molecule has 0 amide bonds. The summed E-state index contributed by atoms with van der Waals surface area (Å²) >= 11 is 0. The maximum Gasteiger partial charge on any atom is 0.253 e. The van der Waals surface area contributed by atoms with Crippen LogP contribution in [0.3, 0.4) is 0 Å². The van der Waals surface area contributed by atoms with E-state index in [0.29, 0.717) is 35.2 Å². The maximum absolute atomic E-state index is 15.0. The number of halogens is 2. The number of aryl methyl sites for hydroxylation is 1. The average molecular weight is 397 g/mol. The van der Waals surface area contributed by atoms with Crippen molar-refractivity contribution in [3.8, 4) is 11.1 Å². The summed E-state index contributed by atoms with van der Waals surface area (Å²) in [4.78, 5) is 17.9. The Morgan fingerprint density at radius 2 is 2.00 bits per heavy atom. The molecule has 0 aliphatic carbocycles. The molecule has 0 saturated heterocycles. The maximum atomic E-state index is 15.0. The molecular formula is C22H21F2N3O2. The summed E-state index contributed by atoms with van der Waals surface area (Å²) in [6, 6.07) is 7.11. The van der Waals surface area contributed by atoms with Gasteiger partial charge in [-0.15, -0.1) is 0 Å². The Labute approximate surface area is 166 Å². The van der Waals surface area contributed by atoms with Crippen molar-refractivity contribution >= 4 is 5.69 Å².